The summed E-state index contributed by atoms with van der Waals surface area (Å²) in [5, 5.41) is 0. The molecule has 1 aliphatic rings. The molecule has 5 nitrogen and oxygen atoms in total. The maximum Gasteiger partial charge on any atom is 0.306 e. The van der Waals surface area contributed by atoms with Crippen LogP contribution in [0.5, 0.6) is 11.5 Å². The number of carbonyl (C=O) groups excluding carboxylic acids is 2. The quantitative estimate of drug-likeness (QED) is 0.755. The number of ether oxygens (including phenoxy) is 3. The van der Waals surface area contributed by atoms with Gasteiger partial charge in [0.15, 0.2) is 17.3 Å². The molecule has 0 saturated carbocycles. The van der Waals surface area contributed by atoms with Gasteiger partial charge in [0.05, 0.1) is 27.2 Å². The first-order valence-electron chi connectivity index (χ1n) is 7.65. The molecule has 2 rings (SSSR count). The van der Waals surface area contributed by atoms with Crippen molar-refractivity contribution in [2.24, 2.45) is 0 Å². The Bertz CT molecular complexity index is 620. The number of rotatable bonds is 6. The summed E-state index contributed by atoms with van der Waals surface area (Å²) < 4.78 is 15.7. The van der Waals surface area contributed by atoms with E-state index in [-0.39, 0.29) is 18.2 Å². The van der Waals surface area contributed by atoms with Gasteiger partial charge in [-0.2, -0.15) is 0 Å². The molecule has 0 unspecified atom stereocenters. The molecule has 0 saturated heterocycles. The molecule has 0 bridgehead atoms. The molecule has 0 spiro atoms. The Hall–Kier alpha value is -2.30. The van der Waals surface area contributed by atoms with Crippen LogP contribution in [0.4, 0.5) is 0 Å². The van der Waals surface area contributed by atoms with Gasteiger partial charge in [0.2, 0.25) is 0 Å². The Labute approximate surface area is 136 Å². The summed E-state index contributed by atoms with van der Waals surface area (Å²) in [6.45, 7) is 2.12. The lowest BCUT2D eigenvalue weighted by atomic mass is 9.71. The molecular weight excluding hydrogens is 296 g/mol. The summed E-state index contributed by atoms with van der Waals surface area (Å²) in [5.41, 5.74) is 0.353. The van der Waals surface area contributed by atoms with Crippen LogP contribution < -0.4 is 9.47 Å². The zero-order valence-electron chi connectivity index (χ0n) is 13.8. The second-order valence-electron chi connectivity index (χ2n) is 5.51. The maximum atomic E-state index is 12.1. The van der Waals surface area contributed by atoms with Crippen LogP contribution in [0.3, 0.4) is 0 Å². The van der Waals surface area contributed by atoms with Gasteiger partial charge in [-0.25, -0.2) is 0 Å². The predicted molar refractivity (Wildman–Crippen MR) is 85.9 cm³/mol. The minimum atomic E-state index is -0.556. The van der Waals surface area contributed by atoms with E-state index in [2.05, 4.69) is 0 Å². The molecule has 5 heteroatoms. The molecule has 23 heavy (non-hydrogen) atoms. The van der Waals surface area contributed by atoms with E-state index in [1.54, 1.807) is 27.2 Å². The average Bonchev–Trinajstić information content (AvgIpc) is 2.56. The third kappa shape index (κ3) is 3.73. The fourth-order valence-electron chi connectivity index (χ4n) is 2.87. The van der Waals surface area contributed by atoms with Crippen LogP contribution in [0.1, 0.15) is 31.7 Å². The summed E-state index contributed by atoms with van der Waals surface area (Å²) in [5.74, 6) is 1.02. The molecule has 1 atom stereocenters. The van der Waals surface area contributed by atoms with Gasteiger partial charge < -0.3 is 14.2 Å². The molecule has 1 aliphatic carbocycles. The van der Waals surface area contributed by atoms with Gasteiger partial charge in [-0.05, 0) is 37.1 Å². The smallest absolute Gasteiger partial charge is 0.306 e. The molecule has 1 aromatic carbocycles. The third-order valence-corrected chi connectivity index (χ3v) is 4.13. The van der Waals surface area contributed by atoms with Crippen molar-refractivity contribution in [3.05, 3.63) is 35.9 Å². The molecule has 0 aliphatic heterocycles. The normalized spacial score (nSPS) is 20.2. The Balaban J connectivity index is 2.43. The highest BCUT2D eigenvalue weighted by molar-refractivity contribution is 5.91. The zero-order valence-corrected chi connectivity index (χ0v) is 13.8. The molecular formula is C18H22O5. The standard InChI is InChI=1S/C18H22O5/c1-4-23-17(20)12-18(9-7-14(19)8-10-18)13-5-6-15(21-2)16(11-13)22-3/h5-7,9,11H,4,8,10,12H2,1-3H3/t18-/m1/s1. The van der Waals surface area contributed by atoms with E-state index in [4.69, 9.17) is 14.2 Å². The van der Waals surface area contributed by atoms with Crippen LogP contribution in [0.15, 0.2) is 30.4 Å². The van der Waals surface area contributed by atoms with Crippen LogP contribution in [0.2, 0.25) is 0 Å². The van der Waals surface area contributed by atoms with Gasteiger partial charge in [-0.15, -0.1) is 0 Å². The van der Waals surface area contributed by atoms with Crippen molar-refractivity contribution >= 4 is 11.8 Å². The Kier molecular flexibility index (Phi) is 5.42. The lowest BCUT2D eigenvalue weighted by Crippen LogP contribution is -2.31. The van der Waals surface area contributed by atoms with E-state index >= 15 is 0 Å². The topological polar surface area (TPSA) is 61.8 Å². The lowest BCUT2D eigenvalue weighted by molar-refractivity contribution is -0.144. The first kappa shape index (κ1) is 17.1. The number of ketones is 1. The summed E-state index contributed by atoms with van der Waals surface area (Å²) in [7, 11) is 3.14. The van der Waals surface area contributed by atoms with Gasteiger partial charge in [0, 0.05) is 11.8 Å². The predicted octanol–water partition coefficient (Wildman–Crippen LogP) is 2.81. The highest BCUT2D eigenvalue weighted by Crippen LogP contribution is 2.41. The van der Waals surface area contributed by atoms with Crippen molar-refractivity contribution in [2.75, 3.05) is 20.8 Å². The Morgan fingerprint density at radius 3 is 2.52 bits per heavy atom. The SMILES string of the molecule is CCOC(=O)C[C@@]1(c2ccc(OC)c(OC)c2)C=CC(=O)CC1. The van der Waals surface area contributed by atoms with Crippen LogP contribution in [0.25, 0.3) is 0 Å². The molecule has 0 heterocycles. The van der Waals surface area contributed by atoms with Crippen molar-refractivity contribution in [3.8, 4) is 11.5 Å². The van der Waals surface area contributed by atoms with Crippen molar-refractivity contribution in [3.63, 3.8) is 0 Å². The number of benzene rings is 1. The van der Waals surface area contributed by atoms with Gasteiger partial charge in [0.1, 0.15) is 0 Å². The number of carbonyl (C=O) groups is 2. The van der Waals surface area contributed by atoms with Gasteiger partial charge in [-0.1, -0.05) is 12.1 Å². The fraction of sp³-hybridized carbons (Fsp3) is 0.444. The summed E-state index contributed by atoms with van der Waals surface area (Å²) in [6.07, 6.45) is 4.54. The molecule has 0 N–H and O–H groups in total. The molecule has 0 aromatic heterocycles. The Morgan fingerprint density at radius 1 is 1.22 bits per heavy atom. The minimum absolute atomic E-state index is 0.0740. The molecule has 0 amide bonds. The van der Waals surface area contributed by atoms with Crippen LogP contribution in [-0.2, 0) is 19.7 Å². The van der Waals surface area contributed by atoms with Crippen molar-refractivity contribution in [1.82, 2.24) is 0 Å². The van der Waals surface area contributed by atoms with Gasteiger partial charge in [0.25, 0.3) is 0 Å². The van der Waals surface area contributed by atoms with E-state index in [0.717, 1.165) is 5.56 Å². The second kappa shape index (κ2) is 7.31. The number of hydrogen-bond donors (Lipinski definition) is 0. The number of esters is 1. The van der Waals surface area contributed by atoms with Crippen LogP contribution in [0, 0.1) is 0 Å². The molecule has 0 radical (unpaired) electrons. The molecule has 1 aromatic rings. The number of hydrogen-bond acceptors (Lipinski definition) is 5. The summed E-state index contributed by atoms with van der Waals surface area (Å²) in [4.78, 5) is 23.6. The first-order chi connectivity index (χ1) is 11.0. The lowest BCUT2D eigenvalue weighted by Gasteiger charge is -2.33. The van der Waals surface area contributed by atoms with Crippen molar-refractivity contribution < 1.29 is 23.8 Å². The molecule has 0 fully saturated rings. The Morgan fingerprint density at radius 2 is 1.96 bits per heavy atom. The zero-order chi connectivity index (χ0) is 16.9. The largest absolute Gasteiger partial charge is 0.493 e. The highest BCUT2D eigenvalue weighted by atomic mass is 16.5. The number of allylic oxidation sites excluding steroid dienone is 2. The van der Waals surface area contributed by atoms with E-state index in [1.807, 2.05) is 24.3 Å². The van der Waals surface area contributed by atoms with Crippen LogP contribution in [-0.4, -0.2) is 32.6 Å². The first-order valence-corrected chi connectivity index (χ1v) is 7.65. The van der Waals surface area contributed by atoms with Crippen LogP contribution >= 0.6 is 0 Å². The average molecular weight is 318 g/mol. The molecule has 124 valence electrons. The summed E-state index contributed by atoms with van der Waals surface area (Å²) in [6, 6.07) is 5.57. The highest BCUT2D eigenvalue weighted by Gasteiger charge is 2.36. The minimum Gasteiger partial charge on any atom is -0.493 e. The van der Waals surface area contributed by atoms with E-state index in [1.165, 1.54) is 0 Å². The van der Waals surface area contributed by atoms with Crippen molar-refractivity contribution in [2.45, 2.75) is 31.6 Å². The van der Waals surface area contributed by atoms with Crippen molar-refractivity contribution in [1.29, 1.82) is 0 Å². The second-order valence-corrected chi connectivity index (χ2v) is 5.51. The van der Waals surface area contributed by atoms with Gasteiger partial charge >= 0.3 is 5.97 Å². The van der Waals surface area contributed by atoms with E-state index < -0.39 is 5.41 Å². The van der Waals surface area contributed by atoms with Gasteiger partial charge in [-0.3, -0.25) is 9.59 Å². The van der Waals surface area contributed by atoms with E-state index in [9.17, 15) is 9.59 Å². The summed E-state index contributed by atoms with van der Waals surface area (Å²) >= 11 is 0. The fourth-order valence-corrected chi connectivity index (χ4v) is 2.87. The maximum absolute atomic E-state index is 12.1. The van der Waals surface area contributed by atoms with E-state index in [0.29, 0.717) is 30.9 Å². The number of methoxy groups -OCH3 is 2. The monoisotopic (exact) mass is 318 g/mol. The third-order valence-electron chi connectivity index (χ3n) is 4.13.